The van der Waals surface area contributed by atoms with Crippen LogP contribution in [0.25, 0.3) is 10.2 Å². The summed E-state index contributed by atoms with van der Waals surface area (Å²) >= 11 is 1.22. The Labute approximate surface area is 201 Å². The molecule has 0 saturated heterocycles. The van der Waals surface area contributed by atoms with Gasteiger partial charge in [0, 0.05) is 10.9 Å². The Morgan fingerprint density at radius 1 is 1.26 bits per heavy atom. The van der Waals surface area contributed by atoms with E-state index < -0.39 is 17.7 Å². The van der Waals surface area contributed by atoms with Crippen molar-refractivity contribution in [2.24, 2.45) is 5.73 Å². The molecule has 0 atom stereocenters. The van der Waals surface area contributed by atoms with Crippen molar-refractivity contribution in [1.29, 1.82) is 0 Å². The number of nitrogens with two attached hydrogens (primary N) is 1. The summed E-state index contributed by atoms with van der Waals surface area (Å²) in [4.78, 5) is 51.8. The third-order valence-corrected chi connectivity index (χ3v) is 6.51. The highest BCUT2D eigenvalue weighted by atomic mass is 32.1. The van der Waals surface area contributed by atoms with Crippen molar-refractivity contribution in [2.75, 3.05) is 6.61 Å². The molecule has 0 radical (unpaired) electrons. The normalized spacial score (nSPS) is 14.0. The summed E-state index contributed by atoms with van der Waals surface area (Å²) in [5.74, 6) is 0. The number of fused-ring (bicyclic) bond motifs is 1. The Morgan fingerprint density at radius 3 is 2.44 bits per heavy atom. The molecule has 0 aliphatic heterocycles. The maximum atomic E-state index is 13.3. The van der Waals surface area contributed by atoms with Crippen LogP contribution in [0.15, 0.2) is 9.59 Å². The van der Waals surface area contributed by atoms with Crippen LogP contribution in [-0.2, 0) is 22.6 Å². The van der Waals surface area contributed by atoms with Crippen LogP contribution in [0, 0.1) is 6.92 Å². The number of hydrogen-bond acceptors (Lipinski definition) is 7. The van der Waals surface area contributed by atoms with Gasteiger partial charge in [0.2, 0.25) is 0 Å². The van der Waals surface area contributed by atoms with Crippen LogP contribution in [0.2, 0.25) is 0 Å². The zero-order valence-corrected chi connectivity index (χ0v) is 21.3. The van der Waals surface area contributed by atoms with E-state index in [4.69, 9.17) is 15.2 Å². The molecule has 2 heterocycles. The van der Waals surface area contributed by atoms with Crippen LogP contribution in [-0.4, -0.2) is 44.6 Å². The Hall–Kier alpha value is -2.86. The molecule has 12 heteroatoms. The Morgan fingerprint density at radius 2 is 1.91 bits per heavy atom. The predicted molar refractivity (Wildman–Crippen MR) is 129 cm³/mol. The smallest absolute Gasteiger partial charge is 0.426 e. The minimum atomic E-state index is -0.888. The first-order valence-corrected chi connectivity index (χ1v) is 12.1. The quantitative estimate of drug-likeness (QED) is 0.566. The number of aryl methyl sites for hydroxylation is 1. The average Bonchev–Trinajstić information content (AvgIpc) is 3.46. The number of aromatic nitrogens is 2. The number of hydrogen-bond donors (Lipinski definition) is 2. The van der Waals surface area contributed by atoms with Gasteiger partial charge in [-0.15, -0.1) is 11.3 Å². The fourth-order valence-corrected chi connectivity index (χ4v) is 4.82. The second-order valence-corrected chi connectivity index (χ2v) is 10.7. The van der Waals surface area contributed by atoms with Crippen molar-refractivity contribution in [3.8, 4) is 0 Å². The predicted octanol–water partition coefficient (Wildman–Crippen LogP) is 2.61. The molecule has 0 spiro atoms. The molecular weight excluding hydrogens is 462 g/mol. The minimum Gasteiger partial charge on any atom is -0.443 e. The van der Waals surface area contributed by atoms with E-state index in [-0.39, 0.29) is 36.5 Å². The zero-order valence-electron chi connectivity index (χ0n) is 20.5. The number of nitrogens with zero attached hydrogens (tertiary/aromatic N) is 3. The van der Waals surface area contributed by atoms with Crippen molar-refractivity contribution >= 4 is 33.7 Å². The lowest BCUT2D eigenvalue weighted by atomic mass is 10.2. The molecule has 2 aromatic heterocycles. The molecule has 188 valence electrons. The monoisotopic (exact) mass is 495 g/mol. The second-order valence-electron chi connectivity index (χ2n) is 9.63. The van der Waals surface area contributed by atoms with Gasteiger partial charge < -0.3 is 15.2 Å². The Kier molecular flexibility index (Phi) is 7.41. The number of amides is 3. The molecule has 1 aliphatic carbocycles. The Bertz CT molecular complexity index is 1200. The largest absolute Gasteiger partial charge is 0.443 e. The van der Waals surface area contributed by atoms with E-state index in [9.17, 15) is 19.2 Å². The van der Waals surface area contributed by atoms with E-state index in [1.807, 2.05) is 13.8 Å². The lowest BCUT2D eigenvalue weighted by Crippen LogP contribution is -2.49. The Balaban J connectivity index is 2.01. The molecular formula is C22H33N5O6S. The van der Waals surface area contributed by atoms with Gasteiger partial charge in [0.05, 0.1) is 31.2 Å². The lowest BCUT2D eigenvalue weighted by Gasteiger charge is -2.24. The van der Waals surface area contributed by atoms with Crippen LogP contribution in [0.3, 0.4) is 0 Å². The average molecular weight is 496 g/mol. The molecule has 0 unspecified atom stereocenters. The summed E-state index contributed by atoms with van der Waals surface area (Å²) in [6.45, 7) is 11.2. The highest BCUT2D eigenvalue weighted by Gasteiger charge is 2.31. The van der Waals surface area contributed by atoms with Crippen molar-refractivity contribution < 1.29 is 19.1 Å². The SMILES string of the molecule is Cc1c(CN(NC(=O)OC(C)(C)C)C(N)=O)sc2c1c(=O)n(C1CC1)c(=O)n2CCOC(C)C. The summed E-state index contributed by atoms with van der Waals surface area (Å²) in [5.41, 5.74) is 7.00. The standard InChI is InChI=1S/C22H33N5O6S/c1-12(2)32-10-9-25-18-16(17(28)27(21(25)31)14-7-8-14)13(3)15(34-18)11-26(19(23)29)24-20(30)33-22(4,5)6/h12,14H,7-11H2,1-6H3,(H2,23,29)(H,24,30). The molecule has 2 aromatic rings. The topological polar surface area (TPSA) is 138 Å². The van der Waals surface area contributed by atoms with Crippen molar-refractivity contribution in [2.45, 2.75) is 85.2 Å². The fourth-order valence-electron chi connectivity index (χ4n) is 3.52. The van der Waals surface area contributed by atoms with Gasteiger partial charge in [0.15, 0.2) is 0 Å². The zero-order chi connectivity index (χ0) is 25.4. The number of rotatable bonds is 7. The summed E-state index contributed by atoms with van der Waals surface area (Å²) in [7, 11) is 0. The van der Waals surface area contributed by atoms with Gasteiger partial charge in [-0.1, -0.05) is 0 Å². The third-order valence-electron chi connectivity index (χ3n) is 5.21. The fraction of sp³-hybridized carbons (Fsp3) is 0.636. The van der Waals surface area contributed by atoms with Crippen molar-refractivity contribution in [3.63, 3.8) is 0 Å². The van der Waals surface area contributed by atoms with Gasteiger partial charge in [-0.3, -0.25) is 13.9 Å². The maximum absolute atomic E-state index is 13.3. The highest BCUT2D eigenvalue weighted by Crippen LogP contribution is 2.34. The number of carbonyl (C=O) groups excluding carboxylic acids is 2. The van der Waals surface area contributed by atoms with Crippen molar-refractivity contribution in [3.05, 3.63) is 31.3 Å². The third kappa shape index (κ3) is 5.79. The maximum Gasteiger partial charge on any atom is 0.426 e. The van der Waals surface area contributed by atoms with E-state index in [2.05, 4.69) is 5.43 Å². The molecule has 3 amide bonds. The first-order chi connectivity index (χ1) is 15.8. The van der Waals surface area contributed by atoms with Crippen molar-refractivity contribution in [1.82, 2.24) is 19.6 Å². The van der Waals surface area contributed by atoms with Crippen LogP contribution in [0.4, 0.5) is 9.59 Å². The summed E-state index contributed by atoms with van der Waals surface area (Å²) in [6.07, 6.45) is 0.747. The van der Waals surface area contributed by atoms with E-state index in [0.29, 0.717) is 27.3 Å². The van der Waals surface area contributed by atoms with E-state index in [1.165, 1.54) is 15.9 Å². The minimum absolute atomic E-state index is 0.00390. The molecule has 34 heavy (non-hydrogen) atoms. The van der Waals surface area contributed by atoms with Crippen LogP contribution < -0.4 is 22.4 Å². The molecule has 3 rings (SSSR count). The highest BCUT2D eigenvalue weighted by molar-refractivity contribution is 7.18. The number of hydrazine groups is 1. The first-order valence-electron chi connectivity index (χ1n) is 11.3. The second kappa shape index (κ2) is 9.79. The summed E-state index contributed by atoms with van der Waals surface area (Å²) in [6, 6.07) is -0.985. The number of ether oxygens (including phenoxy) is 2. The number of nitrogens with one attached hydrogen (secondary N) is 1. The van der Waals surface area contributed by atoms with Gasteiger partial charge in [-0.25, -0.2) is 24.8 Å². The molecule has 0 aromatic carbocycles. The molecule has 1 fully saturated rings. The lowest BCUT2D eigenvalue weighted by molar-refractivity contribution is 0.0376. The number of urea groups is 1. The van der Waals surface area contributed by atoms with Gasteiger partial charge in [0.1, 0.15) is 10.4 Å². The van der Waals surface area contributed by atoms with Crippen LogP contribution in [0.1, 0.15) is 63.9 Å². The first kappa shape index (κ1) is 25.8. The van der Waals surface area contributed by atoms with Gasteiger partial charge in [0.25, 0.3) is 5.56 Å². The summed E-state index contributed by atoms with van der Waals surface area (Å²) in [5, 5.41) is 1.35. The van der Waals surface area contributed by atoms with Gasteiger partial charge >= 0.3 is 17.8 Å². The number of thiophene rings is 1. The van der Waals surface area contributed by atoms with Gasteiger partial charge in [-0.05, 0) is 59.9 Å². The molecule has 1 saturated carbocycles. The molecule has 1 aliphatic rings. The molecule has 3 N–H and O–H groups in total. The molecule has 0 bridgehead atoms. The van der Waals surface area contributed by atoms with Crippen LogP contribution >= 0.6 is 11.3 Å². The summed E-state index contributed by atoms with van der Waals surface area (Å²) < 4.78 is 13.7. The number of carbonyl (C=O) groups is 2. The van der Waals surface area contributed by atoms with E-state index in [1.54, 1.807) is 32.3 Å². The van der Waals surface area contributed by atoms with Gasteiger partial charge in [-0.2, -0.15) is 0 Å². The van der Waals surface area contributed by atoms with E-state index in [0.717, 1.165) is 17.9 Å². The molecule has 11 nitrogen and oxygen atoms in total. The number of primary amides is 1. The van der Waals surface area contributed by atoms with E-state index >= 15 is 0 Å². The van der Waals surface area contributed by atoms with Crippen LogP contribution in [0.5, 0.6) is 0 Å².